The number of piperidine rings is 1. The molecule has 0 saturated carbocycles. The predicted molar refractivity (Wildman–Crippen MR) is 127 cm³/mol. The molecule has 0 amide bonds. The van der Waals surface area contributed by atoms with E-state index >= 15 is 0 Å². The van der Waals surface area contributed by atoms with Gasteiger partial charge in [-0.2, -0.15) is 0 Å². The highest BCUT2D eigenvalue weighted by Crippen LogP contribution is 2.32. The number of pyridine rings is 2. The first-order valence-electron chi connectivity index (χ1n) is 10.7. The van der Waals surface area contributed by atoms with Gasteiger partial charge in [0.05, 0.1) is 23.3 Å². The van der Waals surface area contributed by atoms with Gasteiger partial charge >= 0.3 is 0 Å². The van der Waals surface area contributed by atoms with Crippen molar-refractivity contribution in [3.05, 3.63) is 59.3 Å². The summed E-state index contributed by atoms with van der Waals surface area (Å²) in [4.78, 5) is 14.0. The Morgan fingerprint density at radius 3 is 2.68 bits per heavy atom. The maximum Gasteiger partial charge on any atom is 0.159 e. The van der Waals surface area contributed by atoms with Crippen LogP contribution in [0.2, 0.25) is 0 Å². The summed E-state index contributed by atoms with van der Waals surface area (Å²) in [5.74, 6) is 0.0884. The highest BCUT2D eigenvalue weighted by molar-refractivity contribution is 6.17. The molecule has 2 aromatic rings. The summed E-state index contributed by atoms with van der Waals surface area (Å²) in [6, 6.07) is 6.71. The molecular formula is C24H30N6O. The molecule has 0 aromatic carbocycles. The molecule has 3 N–H and O–H groups in total. The Morgan fingerprint density at radius 2 is 2.00 bits per heavy atom. The summed E-state index contributed by atoms with van der Waals surface area (Å²) in [6.07, 6.45) is 7.74. The fourth-order valence-corrected chi connectivity index (χ4v) is 4.26. The van der Waals surface area contributed by atoms with Crippen molar-refractivity contribution in [2.24, 2.45) is 0 Å². The number of nitrogens with one attached hydrogen (secondary N) is 2. The molecule has 0 unspecified atom stereocenters. The molecule has 2 aromatic heterocycles. The van der Waals surface area contributed by atoms with Crippen molar-refractivity contribution in [2.75, 3.05) is 39.1 Å². The van der Waals surface area contributed by atoms with E-state index in [-0.39, 0.29) is 5.76 Å². The van der Waals surface area contributed by atoms with Crippen molar-refractivity contribution >= 4 is 28.0 Å². The first kappa shape index (κ1) is 21.1. The molecule has 4 rings (SSSR count). The van der Waals surface area contributed by atoms with Crippen LogP contribution in [0.25, 0.3) is 16.6 Å². The first-order chi connectivity index (χ1) is 14.9. The Labute approximate surface area is 183 Å². The zero-order valence-electron chi connectivity index (χ0n) is 18.6. The second-order valence-corrected chi connectivity index (χ2v) is 8.41. The maximum absolute atomic E-state index is 10.6. The Kier molecular flexibility index (Phi) is 5.78. The molecule has 162 valence electrons. The minimum Gasteiger partial charge on any atom is -0.507 e. The van der Waals surface area contributed by atoms with Crippen LogP contribution in [0.4, 0.5) is 5.69 Å². The Morgan fingerprint density at radius 1 is 1.26 bits per heavy atom. The van der Waals surface area contributed by atoms with E-state index in [1.54, 1.807) is 26.2 Å². The van der Waals surface area contributed by atoms with Crippen molar-refractivity contribution in [3.63, 3.8) is 0 Å². The SMILES string of the molecule is CN/C=C1/C=C(c2ccc3cc(N4CCC(N(C)C)CC4)cnc3n2)C(O)=C(C)C1=N. The Bertz CT molecular complexity index is 1110. The van der Waals surface area contributed by atoms with E-state index < -0.39 is 0 Å². The number of hydrogen-bond donors (Lipinski definition) is 3. The molecular weight excluding hydrogens is 388 g/mol. The molecule has 1 aliphatic carbocycles. The van der Waals surface area contributed by atoms with Gasteiger partial charge in [-0.15, -0.1) is 0 Å². The predicted octanol–water partition coefficient (Wildman–Crippen LogP) is 3.51. The molecule has 0 radical (unpaired) electrons. The first-order valence-corrected chi connectivity index (χ1v) is 10.7. The number of aliphatic hydroxyl groups is 1. The molecule has 1 aliphatic heterocycles. The lowest BCUT2D eigenvalue weighted by Gasteiger charge is -2.36. The van der Waals surface area contributed by atoms with Gasteiger partial charge < -0.3 is 20.2 Å². The third-order valence-electron chi connectivity index (χ3n) is 6.24. The lowest BCUT2D eigenvalue weighted by molar-refractivity contribution is 0.249. The molecule has 0 spiro atoms. The number of aliphatic hydroxyl groups excluding tert-OH is 1. The Balaban J connectivity index is 1.63. The number of hydrogen-bond acceptors (Lipinski definition) is 7. The smallest absolute Gasteiger partial charge is 0.159 e. The maximum atomic E-state index is 10.6. The lowest BCUT2D eigenvalue weighted by atomic mass is 9.91. The molecule has 0 atom stereocenters. The third-order valence-corrected chi connectivity index (χ3v) is 6.24. The van der Waals surface area contributed by atoms with Crippen LogP contribution in [0.15, 0.2) is 53.6 Å². The van der Waals surface area contributed by atoms with Crippen LogP contribution in [0, 0.1) is 5.41 Å². The van der Waals surface area contributed by atoms with E-state index in [0.717, 1.165) is 37.0 Å². The van der Waals surface area contributed by atoms with Gasteiger partial charge in [0.1, 0.15) is 5.76 Å². The van der Waals surface area contributed by atoms with Gasteiger partial charge in [-0.25, -0.2) is 9.97 Å². The third kappa shape index (κ3) is 4.05. The lowest BCUT2D eigenvalue weighted by Crippen LogP contribution is -2.42. The largest absolute Gasteiger partial charge is 0.507 e. The molecule has 1 saturated heterocycles. The van der Waals surface area contributed by atoms with Crippen LogP contribution in [-0.2, 0) is 0 Å². The molecule has 3 heterocycles. The zero-order chi connectivity index (χ0) is 22.1. The summed E-state index contributed by atoms with van der Waals surface area (Å²) in [5.41, 5.74) is 4.57. The number of nitrogens with zero attached hydrogens (tertiary/aromatic N) is 4. The number of aromatic nitrogens is 2. The number of anilines is 1. The Hall–Kier alpha value is -3.19. The molecule has 1 fully saturated rings. The highest BCUT2D eigenvalue weighted by atomic mass is 16.3. The minimum absolute atomic E-state index is 0.0884. The quantitative estimate of drug-likeness (QED) is 0.704. The van der Waals surface area contributed by atoms with E-state index in [1.165, 1.54) is 0 Å². The zero-order valence-corrected chi connectivity index (χ0v) is 18.6. The van der Waals surface area contributed by atoms with Gasteiger partial charge in [-0.05, 0) is 58.1 Å². The van der Waals surface area contributed by atoms with Crippen LogP contribution >= 0.6 is 0 Å². The average Bonchev–Trinajstić information content (AvgIpc) is 2.79. The van der Waals surface area contributed by atoms with Crippen molar-refractivity contribution in [1.82, 2.24) is 20.2 Å². The van der Waals surface area contributed by atoms with Gasteiger partial charge in [0.15, 0.2) is 5.65 Å². The monoisotopic (exact) mass is 418 g/mol. The topological polar surface area (TPSA) is 88.4 Å². The van der Waals surface area contributed by atoms with E-state index in [4.69, 9.17) is 10.4 Å². The average molecular weight is 419 g/mol. The molecule has 0 bridgehead atoms. The van der Waals surface area contributed by atoms with Crippen molar-refractivity contribution in [2.45, 2.75) is 25.8 Å². The second-order valence-electron chi connectivity index (χ2n) is 8.41. The van der Waals surface area contributed by atoms with Crippen LogP contribution in [-0.4, -0.2) is 66.0 Å². The van der Waals surface area contributed by atoms with Crippen molar-refractivity contribution < 1.29 is 5.11 Å². The molecule has 7 heteroatoms. The van der Waals surface area contributed by atoms with Gasteiger partial charge in [0.2, 0.25) is 0 Å². The van der Waals surface area contributed by atoms with Crippen LogP contribution in [0.1, 0.15) is 25.5 Å². The van der Waals surface area contributed by atoms with Gasteiger partial charge in [-0.3, -0.25) is 5.41 Å². The van der Waals surface area contributed by atoms with E-state index in [9.17, 15) is 5.11 Å². The molecule has 7 nitrogen and oxygen atoms in total. The van der Waals surface area contributed by atoms with Crippen LogP contribution in [0.3, 0.4) is 0 Å². The summed E-state index contributed by atoms with van der Waals surface area (Å²) < 4.78 is 0. The summed E-state index contributed by atoms with van der Waals surface area (Å²) in [7, 11) is 6.09. The van der Waals surface area contributed by atoms with E-state index in [0.29, 0.717) is 39.8 Å². The minimum atomic E-state index is 0.0884. The summed E-state index contributed by atoms with van der Waals surface area (Å²) in [6.45, 7) is 3.80. The normalized spacial score (nSPS) is 19.5. The summed E-state index contributed by atoms with van der Waals surface area (Å²) in [5, 5.41) is 22.8. The number of allylic oxidation sites excluding steroid dienone is 4. The van der Waals surface area contributed by atoms with Crippen LogP contribution in [0.5, 0.6) is 0 Å². The standard InChI is InChI=1S/C24H30N6O/c1-15-22(25)17(13-26-2)12-20(23(15)31)21-6-5-16-11-19(14-27-24(16)28-21)30-9-7-18(8-10-30)29(3)4/h5-6,11-14,18,25-26,31H,7-10H2,1-4H3/b17-13-,25-22?. The number of fused-ring (bicyclic) bond motifs is 1. The van der Waals surface area contributed by atoms with E-state index in [1.807, 2.05) is 18.3 Å². The van der Waals surface area contributed by atoms with Gasteiger partial charge in [0.25, 0.3) is 0 Å². The fraction of sp³-hybridized carbons (Fsp3) is 0.375. The van der Waals surface area contributed by atoms with Gasteiger partial charge in [-0.1, -0.05) is 0 Å². The highest BCUT2D eigenvalue weighted by Gasteiger charge is 2.23. The van der Waals surface area contributed by atoms with E-state index in [2.05, 4.69) is 40.3 Å². The molecule has 31 heavy (non-hydrogen) atoms. The fourth-order valence-electron chi connectivity index (χ4n) is 4.26. The number of rotatable bonds is 4. The van der Waals surface area contributed by atoms with Crippen LogP contribution < -0.4 is 10.2 Å². The second kappa shape index (κ2) is 8.51. The van der Waals surface area contributed by atoms with Crippen molar-refractivity contribution in [1.29, 1.82) is 5.41 Å². The summed E-state index contributed by atoms with van der Waals surface area (Å²) >= 11 is 0. The van der Waals surface area contributed by atoms with Crippen molar-refractivity contribution in [3.8, 4) is 0 Å². The molecule has 2 aliphatic rings. The van der Waals surface area contributed by atoms with Gasteiger partial charge in [0, 0.05) is 54.5 Å².